The van der Waals surface area contributed by atoms with Crippen LogP contribution in [0.5, 0.6) is 11.5 Å². The number of hydrogen-bond acceptors (Lipinski definition) is 5. The lowest BCUT2D eigenvalue weighted by Crippen LogP contribution is -2.51. The molecule has 1 atom stereocenters. The van der Waals surface area contributed by atoms with Crippen molar-refractivity contribution in [2.24, 2.45) is 0 Å². The molecular weight excluding hydrogens is 276 g/mol. The van der Waals surface area contributed by atoms with Gasteiger partial charge >= 0.3 is 0 Å². The zero-order valence-corrected chi connectivity index (χ0v) is 12.2. The maximum Gasteiger partial charge on any atom is 0.218 e. The number of ether oxygens (including phenoxy) is 1. The molecule has 0 aliphatic rings. The Bertz CT molecular complexity index is 502. The number of aromatic hydroxyl groups is 2. The fraction of sp³-hybridized carbons (Fsp3) is 0.429. The van der Waals surface area contributed by atoms with Crippen molar-refractivity contribution in [3.63, 3.8) is 0 Å². The highest BCUT2D eigenvalue weighted by Gasteiger charge is 2.26. The molecule has 7 heteroatoms. The Morgan fingerprint density at radius 3 is 2.14 bits per heavy atom. The number of rotatable bonds is 6. The second-order valence-electron chi connectivity index (χ2n) is 4.50. The van der Waals surface area contributed by atoms with Gasteiger partial charge in [-0.05, 0) is 24.6 Å². The van der Waals surface area contributed by atoms with Crippen LogP contribution in [0.15, 0.2) is 18.2 Å². The lowest BCUT2D eigenvalue weighted by molar-refractivity contribution is -0.124. The smallest absolute Gasteiger partial charge is 0.218 e. The van der Waals surface area contributed by atoms with Crippen LogP contribution in [0.3, 0.4) is 0 Å². The van der Waals surface area contributed by atoms with Gasteiger partial charge in [-0.3, -0.25) is 9.59 Å². The molecular formula is C14H20N2O5. The molecule has 116 valence electrons. The molecule has 0 radical (unpaired) electrons. The highest BCUT2D eigenvalue weighted by molar-refractivity contribution is 5.76. The molecule has 1 aromatic carbocycles. The average Bonchev–Trinajstić information content (AvgIpc) is 2.37. The van der Waals surface area contributed by atoms with Crippen LogP contribution < -0.4 is 10.6 Å². The molecule has 0 aliphatic carbocycles. The predicted molar refractivity (Wildman–Crippen MR) is 75.6 cm³/mol. The maximum absolute atomic E-state index is 11.3. The largest absolute Gasteiger partial charge is 0.504 e. The quantitative estimate of drug-likeness (QED) is 0.458. The van der Waals surface area contributed by atoms with Crippen LogP contribution in [-0.2, 0) is 14.3 Å². The summed E-state index contributed by atoms with van der Waals surface area (Å²) in [4.78, 5) is 22.6. The number of amides is 2. The standard InChI is InChI=1S/C14H20N2O5/c1-4-21-13(10-5-6-11(19)12(20)7-10)14(15-8(2)17)16-9(3)18/h5-7,13-14,19-20H,4H2,1-3H3,(H,15,17)(H,16,18)/t13-/m1/s1. The van der Waals surface area contributed by atoms with E-state index in [-0.39, 0.29) is 23.3 Å². The van der Waals surface area contributed by atoms with Crippen molar-refractivity contribution in [2.75, 3.05) is 6.61 Å². The first-order valence-electron chi connectivity index (χ1n) is 6.52. The summed E-state index contributed by atoms with van der Waals surface area (Å²) in [7, 11) is 0. The van der Waals surface area contributed by atoms with Crippen LogP contribution in [0.4, 0.5) is 0 Å². The predicted octanol–water partition coefficient (Wildman–Crippen LogP) is 0.774. The summed E-state index contributed by atoms with van der Waals surface area (Å²) in [6, 6.07) is 4.19. The van der Waals surface area contributed by atoms with Gasteiger partial charge in [-0.15, -0.1) is 0 Å². The van der Waals surface area contributed by atoms with E-state index in [1.54, 1.807) is 13.0 Å². The number of benzene rings is 1. The molecule has 2 amide bonds. The minimum Gasteiger partial charge on any atom is -0.504 e. The number of hydrogen-bond donors (Lipinski definition) is 4. The van der Waals surface area contributed by atoms with E-state index in [1.165, 1.54) is 26.0 Å². The van der Waals surface area contributed by atoms with E-state index in [9.17, 15) is 19.8 Å². The number of carbonyl (C=O) groups is 2. The van der Waals surface area contributed by atoms with Crippen LogP contribution in [-0.4, -0.2) is 34.8 Å². The fourth-order valence-corrected chi connectivity index (χ4v) is 1.91. The Balaban J connectivity index is 3.12. The first-order valence-corrected chi connectivity index (χ1v) is 6.52. The molecule has 0 unspecified atom stereocenters. The molecule has 1 rings (SSSR count). The molecule has 4 N–H and O–H groups in total. The highest BCUT2D eigenvalue weighted by Crippen LogP contribution is 2.30. The minimum atomic E-state index is -0.788. The van der Waals surface area contributed by atoms with Crippen molar-refractivity contribution in [2.45, 2.75) is 33.0 Å². The molecule has 0 saturated carbocycles. The zero-order valence-electron chi connectivity index (χ0n) is 12.2. The van der Waals surface area contributed by atoms with Gasteiger partial charge in [-0.25, -0.2) is 0 Å². The van der Waals surface area contributed by atoms with E-state index < -0.39 is 12.3 Å². The van der Waals surface area contributed by atoms with E-state index in [1.807, 2.05) is 0 Å². The third-order valence-electron chi connectivity index (χ3n) is 2.69. The van der Waals surface area contributed by atoms with Gasteiger partial charge in [0.2, 0.25) is 11.8 Å². The summed E-state index contributed by atoms with van der Waals surface area (Å²) < 4.78 is 5.56. The molecule has 0 spiro atoms. The monoisotopic (exact) mass is 296 g/mol. The Kier molecular flexibility index (Phi) is 5.98. The summed E-state index contributed by atoms with van der Waals surface area (Å²) in [5.74, 6) is -1.23. The van der Waals surface area contributed by atoms with Crippen LogP contribution >= 0.6 is 0 Å². The van der Waals surface area contributed by atoms with Gasteiger partial charge in [0.25, 0.3) is 0 Å². The Labute approximate surface area is 122 Å². The van der Waals surface area contributed by atoms with Crippen LogP contribution in [0.25, 0.3) is 0 Å². The maximum atomic E-state index is 11.3. The summed E-state index contributed by atoms with van der Waals surface area (Å²) in [6.45, 7) is 4.76. The van der Waals surface area contributed by atoms with E-state index >= 15 is 0 Å². The number of phenolic OH excluding ortho intramolecular Hbond substituents is 2. The van der Waals surface area contributed by atoms with Gasteiger partial charge in [-0.1, -0.05) is 6.07 Å². The second kappa shape index (κ2) is 7.49. The molecule has 7 nitrogen and oxygen atoms in total. The normalized spacial score (nSPS) is 12.0. The van der Waals surface area contributed by atoms with Crippen molar-refractivity contribution in [3.8, 4) is 11.5 Å². The van der Waals surface area contributed by atoms with Gasteiger partial charge < -0.3 is 25.6 Å². The van der Waals surface area contributed by atoms with Gasteiger partial charge in [0.05, 0.1) is 0 Å². The fourth-order valence-electron chi connectivity index (χ4n) is 1.91. The molecule has 0 aliphatic heterocycles. The summed E-state index contributed by atoms with van der Waals surface area (Å²) in [6.07, 6.45) is -1.49. The average molecular weight is 296 g/mol. The van der Waals surface area contributed by atoms with Crippen molar-refractivity contribution in [3.05, 3.63) is 23.8 Å². The van der Waals surface area contributed by atoms with Crippen LogP contribution in [0.2, 0.25) is 0 Å². The molecule has 0 bridgehead atoms. The summed E-state index contributed by atoms with van der Waals surface area (Å²) >= 11 is 0. The lowest BCUT2D eigenvalue weighted by Gasteiger charge is -2.28. The molecule has 1 aromatic rings. The van der Waals surface area contributed by atoms with Gasteiger partial charge in [-0.2, -0.15) is 0 Å². The van der Waals surface area contributed by atoms with E-state index in [2.05, 4.69) is 10.6 Å². The first kappa shape index (κ1) is 16.8. The van der Waals surface area contributed by atoms with Gasteiger partial charge in [0.15, 0.2) is 11.5 Å². The Morgan fingerprint density at radius 2 is 1.71 bits per heavy atom. The molecule has 21 heavy (non-hydrogen) atoms. The number of carbonyl (C=O) groups excluding carboxylic acids is 2. The number of phenols is 2. The van der Waals surface area contributed by atoms with Crippen molar-refractivity contribution in [1.29, 1.82) is 0 Å². The SMILES string of the molecule is CCO[C@H](c1ccc(O)c(O)c1)C(NC(C)=O)NC(C)=O. The van der Waals surface area contributed by atoms with Crippen molar-refractivity contribution < 1.29 is 24.5 Å². The van der Waals surface area contributed by atoms with Gasteiger partial charge in [0.1, 0.15) is 12.3 Å². The van der Waals surface area contributed by atoms with Gasteiger partial charge in [0, 0.05) is 20.5 Å². The first-order chi connectivity index (χ1) is 9.85. The molecule has 0 heterocycles. The van der Waals surface area contributed by atoms with Crippen molar-refractivity contribution >= 4 is 11.8 Å². The summed E-state index contributed by atoms with van der Waals surface area (Å²) in [5, 5.41) is 24.1. The Morgan fingerprint density at radius 1 is 1.14 bits per heavy atom. The molecule has 0 aromatic heterocycles. The van der Waals surface area contributed by atoms with E-state index in [0.29, 0.717) is 12.2 Å². The van der Waals surface area contributed by atoms with E-state index in [0.717, 1.165) is 0 Å². The third kappa shape index (κ3) is 4.96. The lowest BCUT2D eigenvalue weighted by atomic mass is 10.1. The highest BCUT2D eigenvalue weighted by atomic mass is 16.5. The number of nitrogens with one attached hydrogen (secondary N) is 2. The van der Waals surface area contributed by atoms with Crippen LogP contribution in [0.1, 0.15) is 32.4 Å². The topological polar surface area (TPSA) is 108 Å². The summed E-state index contributed by atoms with van der Waals surface area (Å²) in [5.41, 5.74) is 0.514. The van der Waals surface area contributed by atoms with Crippen LogP contribution in [0, 0.1) is 0 Å². The molecule has 0 fully saturated rings. The minimum absolute atomic E-state index is 0.260. The van der Waals surface area contributed by atoms with E-state index in [4.69, 9.17) is 4.74 Å². The van der Waals surface area contributed by atoms with Crippen molar-refractivity contribution in [1.82, 2.24) is 10.6 Å². The Hall–Kier alpha value is -2.28. The molecule has 0 saturated heterocycles. The third-order valence-corrected chi connectivity index (χ3v) is 2.69. The second-order valence-corrected chi connectivity index (χ2v) is 4.50. The zero-order chi connectivity index (χ0) is 16.0.